The largest absolute Gasteiger partial charge is 0.372 e. The van der Waals surface area contributed by atoms with E-state index in [0.29, 0.717) is 12.6 Å². The van der Waals surface area contributed by atoms with Gasteiger partial charge in [0.25, 0.3) is 0 Å². The number of rotatable bonds is 10. The van der Waals surface area contributed by atoms with Crippen molar-refractivity contribution in [2.24, 2.45) is 0 Å². The van der Waals surface area contributed by atoms with E-state index in [2.05, 4.69) is 59.0 Å². The second-order valence-corrected chi connectivity index (χ2v) is 8.48. The van der Waals surface area contributed by atoms with Crippen LogP contribution in [0.3, 0.4) is 0 Å². The molecule has 5 heteroatoms. The summed E-state index contributed by atoms with van der Waals surface area (Å²) >= 11 is 0. The van der Waals surface area contributed by atoms with Crippen LogP contribution in [-0.4, -0.2) is 43.7 Å². The Labute approximate surface area is 181 Å². The molecule has 2 saturated heterocycles. The lowest BCUT2D eigenvalue weighted by atomic mass is 10.1. The van der Waals surface area contributed by atoms with Crippen LogP contribution in [0.1, 0.15) is 69.4 Å². The van der Waals surface area contributed by atoms with Crippen LogP contribution < -0.4 is 16.0 Å². The zero-order valence-corrected chi connectivity index (χ0v) is 18.3. The Morgan fingerprint density at radius 2 is 2.07 bits per heavy atom. The number of ether oxygens (including phenoxy) is 1. The molecule has 1 amide bonds. The minimum atomic E-state index is -0.147. The van der Waals surface area contributed by atoms with E-state index in [-0.39, 0.29) is 18.1 Å². The lowest BCUT2D eigenvalue weighted by molar-refractivity contribution is -0.123. The second kappa shape index (κ2) is 12.7. The van der Waals surface area contributed by atoms with Gasteiger partial charge in [-0.3, -0.25) is 4.79 Å². The molecule has 2 fully saturated rings. The van der Waals surface area contributed by atoms with Crippen molar-refractivity contribution in [1.82, 2.24) is 16.0 Å². The number of unbranched alkanes of at least 4 members (excludes halogenated alkanes) is 4. The van der Waals surface area contributed by atoms with Crippen molar-refractivity contribution in [2.75, 3.05) is 19.6 Å². The maximum Gasteiger partial charge on any atom is 0.237 e. The summed E-state index contributed by atoms with van der Waals surface area (Å²) in [7, 11) is 0. The van der Waals surface area contributed by atoms with E-state index in [1.807, 2.05) is 0 Å². The van der Waals surface area contributed by atoms with Gasteiger partial charge in [0, 0.05) is 31.1 Å². The zero-order valence-electron chi connectivity index (χ0n) is 18.3. The molecular formula is C25H37N3O2. The molecule has 2 aliphatic rings. The fourth-order valence-electron chi connectivity index (χ4n) is 4.01. The Morgan fingerprint density at radius 1 is 1.20 bits per heavy atom. The molecule has 2 aliphatic heterocycles. The minimum Gasteiger partial charge on any atom is -0.372 e. The topological polar surface area (TPSA) is 62.4 Å². The summed E-state index contributed by atoms with van der Waals surface area (Å²) in [4.78, 5) is 12.3. The Bertz CT molecular complexity index is 701. The van der Waals surface area contributed by atoms with Gasteiger partial charge < -0.3 is 20.7 Å². The average molecular weight is 412 g/mol. The van der Waals surface area contributed by atoms with Crippen LogP contribution in [0.4, 0.5) is 0 Å². The molecule has 0 aromatic heterocycles. The highest BCUT2D eigenvalue weighted by atomic mass is 16.5. The fourth-order valence-corrected chi connectivity index (χ4v) is 4.01. The van der Waals surface area contributed by atoms with E-state index in [1.54, 1.807) is 0 Å². The van der Waals surface area contributed by atoms with E-state index in [0.717, 1.165) is 50.0 Å². The quantitative estimate of drug-likeness (QED) is 0.409. The summed E-state index contributed by atoms with van der Waals surface area (Å²) in [5.41, 5.74) is 2.20. The van der Waals surface area contributed by atoms with Gasteiger partial charge in [0.05, 0.1) is 18.8 Å². The molecule has 0 radical (unpaired) electrons. The van der Waals surface area contributed by atoms with Crippen molar-refractivity contribution >= 4 is 5.91 Å². The molecule has 164 valence electrons. The first-order chi connectivity index (χ1) is 14.7. The van der Waals surface area contributed by atoms with Gasteiger partial charge in [-0.1, -0.05) is 50.2 Å². The number of hydrogen-bond donors (Lipinski definition) is 3. The smallest absolute Gasteiger partial charge is 0.237 e. The molecule has 0 saturated carbocycles. The van der Waals surface area contributed by atoms with Gasteiger partial charge >= 0.3 is 0 Å². The SMILES string of the molecule is CCCCCCC#Cc1ccc(CO[C@H]2CN[C@H](C(=O)NC[C@@H]3CCCN3)C2)cc1. The Hall–Kier alpha value is -1.87. The van der Waals surface area contributed by atoms with E-state index in [1.165, 1.54) is 32.1 Å². The highest BCUT2D eigenvalue weighted by molar-refractivity contribution is 5.82. The fraction of sp³-hybridized carbons (Fsp3) is 0.640. The highest BCUT2D eigenvalue weighted by Gasteiger charge is 2.30. The van der Waals surface area contributed by atoms with Crippen molar-refractivity contribution in [2.45, 2.75) is 83.1 Å². The number of nitrogens with one attached hydrogen (secondary N) is 3. The predicted molar refractivity (Wildman–Crippen MR) is 121 cm³/mol. The lowest BCUT2D eigenvalue weighted by Gasteiger charge is -2.15. The summed E-state index contributed by atoms with van der Waals surface area (Å²) in [6.07, 6.45) is 9.16. The number of carbonyl (C=O) groups is 1. The van der Waals surface area contributed by atoms with Gasteiger partial charge in [0.15, 0.2) is 0 Å². The number of hydrogen-bond acceptors (Lipinski definition) is 4. The molecule has 1 aromatic rings. The number of amides is 1. The second-order valence-electron chi connectivity index (χ2n) is 8.48. The molecule has 3 atom stereocenters. The molecule has 1 aromatic carbocycles. The molecule has 0 spiro atoms. The van der Waals surface area contributed by atoms with Gasteiger partial charge in [-0.2, -0.15) is 0 Å². The Kier molecular flexibility index (Phi) is 9.69. The van der Waals surface area contributed by atoms with Gasteiger partial charge in [-0.05, 0) is 49.9 Å². The predicted octanol–water partition coefficient (Wildman–Crippen LogP) is 3.12. The number of benzene rings is 1. The molecule has 0 aliphatic carbocycles. The van der Waals surface area contributed by atoms with Crippen LogP contribution in [0.2, 0.25) is 0 Å². The molecule has 30 heavy (non-hydrogen) atoms. The summed E-state index contributed by atoms with van der Waals surface area (Å²) in [5.74, 6) is 6.61. The molecule has 5 nitrogen and oxygen atoms in total. The molecule has 0 unspecified atom stereocenters. The molecule has 3 N–H and O–H groups in total. The first-order valence-electron chi connectivity index (χ1n) is 11.7. The third kappa shape index (κ3) is 7.75. The van der Waals surface area contributed by atoms with Crippen molar-refractivity contribution in [1.29, 1.82) is 0 Å². The van der Waals surface area contributed by atoms with Crippen LogP contribution in [0.25, 0.3) is 0 Å². The normalized spacial score (nSPS) is 23.2. The lowest BCUT2D eigenvalue weighted by Crippen LogP contribution is -2.45. The first kappa shape index (κ1) is 22.8. The Morgan fingerprint density at radius 3 is 2.83 bits per heavy atom. The minimum absolute atomic E-state index is 0.0768. The van der Waals surface area contributed by atoms with E-state index in [9.17, 15) is 4.79 Å². The van der Waals surface area contributed by atoms with Crippen LogP contribution in [0, 0.1) is 11.8 Å². The summed E-state index contributed by atoms with van der Waals surface area (Å²) in [5, 5.41) is 9.77. The maximum atomic E-state index is 12.3. The molecular weight excluding hydrogens is 374 g/mol. The van der Waals surface area contributed by atoms with Crippen LogP contribution in [0.15, 0.2) is 24.3 Å². The van der Waals surface area contributed by atoms with Gasteiger partial charge in [0.1, 0.15) is 0 Å². The highest BCUT2D eigenvalue weighted by Crippen LogP contribution is 2.14. The van der Waals surface area contributed by atoms with Crippen molar-refractivity contribution in [3.63, 3.8) is 0 Å². The monoisotopic (exact) mass is 411 g/mol. The van der Waals surface area contributed by atoms with Crippen molar-refractivity contribution in [3.05, 3.63) is 35.4 Å². The Balaban J connectivity index is 1.32. The van der Waals surface area contributed by atoms with Gasteiger partial charge in [-0.15, -0.1) is 0 Å². The van der Waals surface area contributed by atoms with Crippen LogP contribution in [-0.2, 0) is 16.1 Å². The first-order valence-corrected chi connectivity index (χ1v) is 11.7. The van der Waals surface area contributed by atoms with E-state index >= 15 is 0 Å². The summed E-state index contributed by atoms with van der Waals surface area (Å²) in [6.45, 7) is 5.30. The third-order valence-electron chi connectivity index (χ3n) is 5.92. The van der Waals surface area contributed by atoms with Crippen molar-refractivity contribution < 1.29 is 9.53 Å². The zero-order chi connectivity index (χ0) is 21.0. The third-order valence-corrected chi connectivity index (χ3v) is 5.92. The van der Waals surface area contributed by atoms with Crippen LogP contribution >= 0.6 is 0 Å². The molecule has 2 heterocycles. The van der Waals surface area contributed by atoms with E-state index in [4.69, 9.17) is 4.74 Å². The molecule has 0 bridgehead atoms. The summed E-state index contributed by atoms with van der Waals surface area (Å²) in [6, 6.07) is 8.59. The number of carbonyl (C=O) groups excluding carboxylic acids is 1. The van der Waals surface area contributed by atoms with E-state index < -0.39 is 0 Å². The van der Waals surface area contributed by atoms with Gasteiger partial charge in [-0.25, -0.2) is 0 Å². The average Bonchev–Trinajstić information content (AvgIpc) is 3.46. The van der Waals surface area contributed by atoms with Crippen molar-refractivity contribution in [3.8, 4) is 11.8 Å². The van der Waals surface area contributed by atoms with Crippen LogP contribution in [0.5, 0.6) is 0 Å². The maximum absolute atomic E-state index is 12.3. The standard InChI is InChI=1S/C25H37N3O2/c1-2-3-4-5-6-7-9-20-11-13-21(14-12-20)19-30-23-16-24(27-18-23)25(29)28-17-22-10-8-15-26-22/h11-14,22-24,26-27H,2-6,8,10,15-19H2,1H3,(H,28,29)/t22-,23+,24-/m0/s1. The molecule has 3 rings (SSSR count). The summed E-state index contributed by atoms with van der Waals surface area (Å²) < 4.78 is 6.03. The van der Waals surface area contributed by atoms with Gasteiger partial charge in [0.2, 0.25) is 5.91 Å².